The molecule has 1 heterocycles. The number of H-pyrrole nitrogens is 1. The number of thioether (sulfide) groups is 1. The monoisotopic (exact) mass is 278 g/mol. The zero-order valence-corrected chi connectivity index (χ0v) is 11.5. The standard InChI is InChI=1S/C12H14N4O2S/c1-16(18-2)11(17)10-5-3-9(4-6-10)7-19-12-13-8-14-15-12/h3-6,8H,7H2,1-2H3,(H,13,14,15). The van der Waals surface area contributed by atoms with Crippen molar-refractivity contribution in [2.45, 2.75) is 10.9 Å². The van der Waals surface area contributed by atoms with Crippen LogP contribution in [-0.2, 0) is 10.6 Å². The summed E-state index contributed by atoms with van der Waals surface area (Å²) in [5, 5.41) is 8.53. The number of aromatic nitrogens is 3. The molecule has 1 aromatic carbocycles. The predicted molar refractivity (Wildman–Crippen MR) is 71.5 cm³/mol. The molecule has 7 heteroatoms. The molecule has 100 valence electrons. The first-order chi connectivity index (χ1) is 9.20. The molecule has 1 N–H and O–H groups in total. The Kier molecular flexibility index (Phi) is 4.53. The summed E-state index contributed by atoms with van der Waals surface area (Å²) in [5.74, 6) is 0.598. The second-order valence-corrected chi connectivity index (χ2v) is 4.73. The number of benzene rings is 1. The molecule has 0 saturated carbocycles. The van der Waals surface area contributed by atoms with Gasteiger partial charge in [0.25, 0.3) is 5.91 Å². The van der Waals surface area contributed by atoms with E-state index in [1.54, 1.807) is 30.9 Å². The largest absolute Gasteiger partial charge is 0.277 e. The minimum absolute atomic E-state index is 0.170. The van der Waals surface area contributed by atoms with Crippen LogP contribution < -0.4 is 0 Å². The summed E-state index contributed by atoms with van der Waals surface area (Å²) in [6, 6.07) is 7.41. The number of hydrogen-bond acceptors (Lipinski definition) is 5. The van der Waals surface area contributed by atoms with E-state index < -0.39 is 0 Å². The Morgan fingerprint density at radius 3 is 2.74 bits per heavy atom. The molecule has 2 rings (SSSR count). The third-order valence-electron chi connectivity index (χ3n) is 2.53. The van der Waals surface area contributed by atoms with E-state index >= 15 is 0 Å². The fourth-order valence-electron chi connectivity index (χ4n) is 1.42. The van der Waals surface area contributed by atoms with Gasteiger partial charge in [-0.05, 0) is 17.7 Å². The zero-order valence-electron chi connectivity index (χ0n) is 10.7. The molecule has 0 aliphatic carbocycles. The first-order valence-corrected chi connectivity index (χ1v) is 6.58. The minimum Gasteiger partial charge on any atom is -0.274 e. The van der Waals surface area contributed by atoms with E-state index in [1.165, 1.54) is 18.5 Å². The summed E-state index contributed by atoms with van der Waals surface area (Å²) in [7, 11) is 3.04. The van der Waals surface area contributed by atoms with Crippen LogP contribution in [0.15, 0.2) is 35.7 Å². The second kappa shape index (κ2) is 6.35. The van der Waals surface area contributed by atoms with Crippen molar-refractivity contribution in [1.82, 2.24) is 20.2 Å². The van der Waals surface area contributed by atoms with E-state index in [0.717, 1.165) is 16.5 Å². The maximum Gasteiger partial charge on any atom is 0.277 e. The fraction of sp³-hybridized carbons (Fsp3) is 0.250. The third kappa shape index (κ3) is 3.55. The van der Waals surface area contributed by atoms with Crippen molar-refractivity contribution in [3.05, 3.63) is 41.7 Å². The predicted octanol–water partition coefficient (Wildman–Crippen LogP) is 1.73. The lowest BCUT2D eigenvalue weighted by molar-refractivity contribution is -0.0756. The smallest absolute Gasteiger partial charge is 0.274 e. The minimum atomic E-state index is -0.170. The van der Waals surface area contributed by atoms with Crippen LogP contribution in [-0.4, -0.2) is 40.3 Å². The summed E-state index contributed by atoms with van der Waals surface area (Å²) < 4.78 is 0. The number of nitrogens with one attached hydrogen (secondary N) is 1. The van der Waals surface area contributed by atoms with E-state index in [4.69, 9.17) is 4.84 Å². The first kappa shape index (κ1) is 13.6. The third-order valence-corrected chi connectivity index (χ3v) is 3.48. The van der Waals surface area contributed by atoms with E-state index in [0.29, 0.717) is 5.56 Å². The number of carbonyl (C=O) groups excluding carboxylic acids is 1. The molecule has 0 fully saturated rings. The van der Waals surface area contributed by atoms with Crippen LogP contribution in [0.3, 0.4) is 0 Å². The Bertz CT molecular complexity index is 527. The molecule has 0 saturated heterocycles. The molecule has 2 aromatic rings. The summed E-state index contributed by atoms with van der Waals surface area (Å²) in [4.78, 5) is 20.7. The molecule has 0 spiro atoms. The van der Waals surface area contributed by atoms with Crippen LogP contribution in [0.1, 0.15) is 15.9 Å². The van der Waals surface area contributed by atoms with Crippen LogP contribution in [0.4, 0.5) is 0 Å². The Hall–Kier alpha value is -1.86. The second-order valence-electron chi connectivity index (χ2n) is 3.76. The maximum absolute atomic E-state index is 11.8. The molecular formula is C12H14N4O2S. The Morgan fingerprint density at radius 1 is 1.42 bits per heavy atom. The molecule has 1 amide bonds. The summed E-state index contributed by atoms with van der Waals surface area (Å²) in [6.07, 6.45) is 1.48. The highest BCUT2D eigenvalue weighted by molar-refractivity contribution is 7.98. The summed E-state index contributed by atoms with van der Waals surface area (Å²) >= 11 is 1.56. The van der Waals surface area contributed by atoms with Gasteiger partial charge in [-0.2, -0.15) is 5.10 Å². The van der Waals surface area contributed by atoms with Crippen molar-refractivity contribution >= 4 is 17.7 Å². The number of rotatable bonds is 5. The number of hydrogen-bond donors (Lipinski definition) is 1. The normalized spacial score (nSPS) is 10.4. The Morgan fingerprint density at radius 2 is 2.16 bits per heavy atom. The average molecular weight is 278 g/mol. The molecule has 0 unspecified atom stereocenters. The average Bonchev–Trinajstić information content (AvgIpc) is 2.97. The molecule has 0 radical (unpaired) electrons. The van der Waals surface area contributed by atoms with Crippen molar-refractivity contribution in [3.8, 4) is 0 Å². The molecule has 1 aromatic heterocycles. The van der Waals surface area contributed by atoms with Gasteiger partial charge in [-0.1, -0.05) is 23.9 Å². The van der Waals surface area contributed by atoms with Gasteiger partial charge in [0, 0.05) is 18.4 Å². The first-order valence-electron chi connectivity index (χ1n) is 5.60. The number of hydroxylamine groups is 2. The van der Waals surface area contributed by atoms with Gasteiger partial charge in [0.2, 0.25) is 0 Å². The lowest BCUT2D eigenvalue weighted by Gasteiger charge is -2.13. The fourth-order valence-corrected chi connectivity index (χ4v) is 2.16. The molecule has 0 aliphatic heterocycles. The van der Waals surface area contributed by atoms with Crippen molar-refractivity contribution in [3.63, 3.8) is 0 Å². The molecular weight excluding hydrogens is 264 g/mol. The van der Waals surface area contributed by atoms with Gasteiger partial charge in [-0.15, -0.1) is 0 Å². The van der Waals surface area contributed by atoms with E-state index in [2.05, 4.69) is 15.2 Å². The molecule has 19 heavy (non-hydrogen) atoms. The number of carbonyl (C=O) groups is 1. The van der Waals surface area contributed by atoms with Gasteiger partial charge in [-0.3, -0.25) is 14.7 Å². The van der Waals surface area contributed by atoms with Crippen molar-refractivity contribution in [2.24, 2.45) is 0 Å². The Balaban J connectivity index is 1.96. The molecule has 0 bridgehead atoms. The molecule has 0 aliphatic rings. The van der Waals surface area contributed by atoms with Crippen LogP contribution in [0.2, 0.25) is 0 Å². The van der Waals surface area contributed by atoms with E-state index in [1.807, 2.05) is 12.1 Å². The lowest BCUT2D eigenvalue weighted by Crippen LogP contribution is -2.25. The lowest BCUT2D eigenvalue weighted by atomic mass is 10.1. The quantitative estimate of drug-likeness (QED) is 0.666. The Labute approximate surface area is 115 Å². The summed E-state index contributed by atoms with van der Waals surface area (Å²) in [5.41, 5.74) is 1.70. The van der Waals surface area contributed by atoms with Gasteiger partial charge < -0.3 is 0 Å². The van der Waals surface area contributed by atoms with Crippen LogP contribution in [0, 0.1) is 0 Å². The van der Waals surface area contributed by atoms with E-state index in [-0.39, 0.29) is 5.91 Å². The van der Waals surface area contributed by atoms with Crippen molar-refractivity contribution in [1.29, 1.82) is 0 Å². The number of aromatic amines is 1. The van der Waals surface area contributed by atoms with Crippen molar-refractivity contribution in [2.75, 3.05) is 14.2 Å². The SMILES string of the molecule is CON(C)C(=O)c1ccc(CSc2ncn[nH]2)cc1. The summed E-state index contributed by atoms with van der Waals surface area (Å²) in [6.45, 7) is 0. The van der Waals surface area contributed by atoms with Crippen LogP contribution in [0.25, 0.3) is 0 Å². The van der Waals surface area contributed by atoms with E-state index in [9.17, 15) is 4.79 Å². The van der Waals surface area contributed by atoms with Gasteiger partial charge >= 0.3 is 0 Å². The van der Waals surface area contributed by atoms with Crippen molar-refractivity contribution < 1.29 is 9.63 Å². The van der Waals surface area contributed by atoms with Crippen LogP contribution >= 0.6 is 11.8 Å². The highest BCUT2D eigenvalue weighted by Gasteiger charge is 2.10. The maximum atomic E-state index is 11.8. The van der Waals surface area contributed by atoms with Gasteiger partial charge in [-0.25, -0.2) is 10.0 Å². The zero-order chi connectivity index (χ0) is 13.7. The molecule has 0 atom stereocenters. The molecule has 6 nitrogen and oxygen atoms in total. The van der Waals surface area contributed by atoms with Crippen LogP contribution in [0.5, 0.6) is 0 Å². The number of amides is 1. The van der Waals surface area contributed by atoms with Gasteiger partial charge in [0.15, 0.2) is 5.16 Å². The highest BCUT2D eigenvalue weighted by Crippen LogP contribution is 2.18. The van der Waals surface area contributed by atoms with Gasteiger partial charge in [0.1, 0.15) is 6.33 Å². The highest BCUT2D eigenvalue weighted by atomic mass is 32.2. The number of nitrogens with zero attached hydrogens (tertiary/aromatic N) is 3. The van der Waals surface area contributed by atoms with Gasteiger partial charge in [0.05, 0.1) is 7.11 Å². The topological polar surface area (TPSA) is 71.1 Å².